The number of benzene rings is 2. The van der Waals surface area contributed by atoms with Crippen molar-refractivity contribution in [2.24, 2.45) is 4.99 Å². The predicted octanol–water partition coefficient (Wildman–Crippen LogP) is 3.62. The third-order valence-electron chi connectivity index (χ3n) is 3.25. The first-order chi connectivity index (χ1) is 12.1. The fourth-order valence-electron chi connectivity index (χ4n) is 2.25. The fraction of sp³-hybridized carbons (Fsp3) is 0.316. The smallest absolute Gasteiger partial charge is 0.241 e. The lowest BCUT2D eigenvalue weighted by molar-refractivity contribution is 0.318. The second kappa shape index (κ2) is 7.88. The first-order valence-electron chi connectivity index (χ1n) is 8.25. The lowest BCUT2D eigenvalue weighted by Gasteiger charge is -2.20. The number of nitrogens with zero attached hydrogens (tertiary/aromatic N) is 1. The van der Waals surface area contributed by atoms with Crippen molar-refractivity contribution in [2.75, 3.05) is 6.61 Å². The largest absolute Gasteiger partial charge is 0.504 e. The minimum absolute atomic E-state index is 0.00345. The molecular formula is C19H24N2O4S. The van der Waals surface area contributed by atoms with Crippen LogP contribution in [0.25, 0.3) is 0 Å². The van der Waals surface area contributed by atoms with Gasteiger partial charge in [-0.05, 0) is 58.0 Å². The first-order valence-corrected chi connectivity index (χ1v) is 9.73. The molecule has 0 bridgehead atoms. The highest BCUT2D eigenvalue weighted by atomic mass is 32.2. The minimum Gasteiger partial charge on any atom is -0.504 e. The molecule has 0 aliphatic rings. The fourth-order valence-corrected chi connectivity index (χ4v) is 3.71. The van der Waals surface area contributed by atoms with Gasteiger partial charge in [-0.2, -0.15) is 0 Å². The van der Waals surface area contributed by atoms with E-state index in [0.717, 1.165) is 0 Å². The Hall–Kier alpha value is -2.38. The van der Waals surface area contributed by atoms with Gasteiger partial charge in [-0.25, -0.2) is 13.1 Å². The molecule has 2 aromatic rings. The summed E-state index contributed by atoms with van der Waals surface area (Å²) in [6.07, 6.45) is 1.47. The number of aromatic hydroxyl groups is 1. The van der Waals surface area contributed by atoms with Gasteiger partial charge in [0, 0.05) is 17.3 Å². The van der Waals surface area contributed by atoms with E-state index in [2.05, 4.69) is 9.71 Å². The van der Waals surface area contributed by atoms with Gasteiger partial charge in [0.2, 0.25) is 10.0 Å². The molecule has 0 unspecified atom stereocenters. The second-order valence-corrected chi connectivity index (χ2v) is 8.42. The summed E-state index contributed by atoms with van der Waals surface area (Å²) < 4.78 is 32.8. The Morgan fingerprint density at radius 3 is 2.54 bits per heavy atom. The molecule has 2 aromatic carbocycles. The molecule has 0 aliphatic carbocycles. The number of sulfonamides is 1. The summed E-state index contributed by atoms with van der Waals surface area (Å²) in [7, 11) is -3.64. The Bertz CT molecular complexity index is 900. The number of hydrogen-bond acceptors (Lipinski definition) is 5. The monoisotopic (exact) mass is 376 g/mol. The average molecular weight is 376 g/mol. The molecule has 2 N–H and O–H groups in total. The van der Waals surface area contributed by atoms with Crippen LogP contribution in [0.5, 0.6) is 11.5 Å². The summed E-state index contributed by atoms with van der Waals surface area (Å²) in [6, 6.07) is 11.4. The van der Waals surface area contributed by atoms with Crippen molar-refractivity contribution >= 4 is 21.9 Å². The normalized spacial score (nSPS) is 12.5. The molecular weight excluding hydrogens is 352 g/mol. The summed E-state index contributed by atoms with van der Waals surface area (Å²) in [5.41, 5.74) is 0.365. The summed E-state index contributed by atoms with van der Waals surface area (Å²) in [5.74, 6) is 0.374. The number of rotatable bonds is 6. The second-order valence-electron chi connectivity index (χ2n) is 6.74. The summed E-state index contributed by atoms with van der Waals surface area (Å²) in [4.78, 5) is 4.41. The number of phenols is 1. The maximum Gasteiger partial charge on any atom is 0.241 e. The number of nitrogens with one attached hydrogen (secondary N) is 1. The van der Waals surface area contributed by atoms with Crippen LogP contribution in [0.4, 0.5) is 5.69 Å². The number of aliphatic imine (C=N–C) groups is 1. The molecule has 0 heterocycles. The van der Waals surface area contributed by atoms with Crippen molar-refractivity contribution in [3.8, 4) is 11.5 Å². The van der Waals surface area contributed by atoms with E-state index in [9.17, 15) is 13.5 Å². The Kier molecular flexibility index (Phi) is 6.05. The van der Waals surface area contributed by atoms with Crippen molar-refractivity contribution in [2.45, 2.75) is 38.1 Å². The highest BCUT2D eigenvalue weighted by Gasteiger charge is 2.22. The Morgan fingerprint density at radius 1 is 1.19 bits per heavy atom. The van der Waals surface area contributed by atoms with E-state index < -0.39 is 15.6 Å². The van der Waals surface area contributed by atoms with E-state index in [-0.39, 0.29) is 10.6 Å². The van der Waals surface area contributed by atoms with E-state index in [4.69, 9.17) is 4.74 Å². The maximum absolute atomic E-state index is 12.4. The van der Waals surface area contributed by atoms with Gasteiger partial charge in [-0.15, -0.1) is 0 Å². The Labute approximate surface area is 154 Å². The van der Waals surface area contributed by atoms with Gasteiger partial charge in [0.1, 0.15) is 0 Å². The van der Waals surface area contributed by atoms with Gasteiger partial charge in [-0.3, -0.25) is 4.99 Å². The van der Waals surface area contributed by atoms with Crippen LogP contribution in [-0.2, 0) is 10.0 Å². The molecule has 0 radical (unpaired) electrons. The number of hydrogen-bond donors (Lipinski definition) is 2. The van der Waals surface area contributed by atoms with Gasteiger partial charge in [0.25, 0.3) is 0 Å². The van der Waals surface area contributed by atoms with Gasteiger partial charge >= 0.3 is 0 Å². The van der Waals surface area contributed by atoms with Crippen molar-refractivity contribution in [1.29, 1.82) is 0 Å². The highest BCUT2D eigenvalue weighted by Crippen LogP contribution is 2.29. The number of ether oxygens (including phenoxy) is 1. The van der Waals surface area contributed by atoms with Crippen LogP contribution >= 0.6 is 0 Å². The Morgan fingerprint density at radius 2 is 1.88 bits per heavy atom. The lowest BCUT2D eigenvalue weighted by atomic mass is 10.1. The zero-order valence-corrected chi connectivity index (χ0v) is 16.2. The molecule has 140 valence electrons. The maximum atomic E-state index is 12.4. The van der Waals surface area contributed by atoms with Crippen molar-refractivity contribution in [3.05, 3.63) is 48.0 Å². The minimum atomic E-state index is -3.64. The Balaban J connectivity index is 2.29. The molecule has 6 nitrogen and oxygen atoms in total. The number of para-hydroxylation sites is 1. The predicted molar refractivity (Wildman–Crippen MR) is 103 cm³/mol. The van der Waals surface area contributed by atoms with E-state index in [1.54, 1.807) is 51.1 Å². The third-order valence-corrected chi connectivity index (χ3v) is 5.01. The van der Waals surface area contributed by atoms with Gasteiger partial charge < -0.3 is 9.84 Å². The molecule has 0 atom stereocenters. The molecule has 0 aromatic heterocycles. The molecule has 0 aliphatic heterocycles. The first kappa shape index (κ1) is 19.9. The van der Waals surface area contributed by atoms with Gasteiger partial charge in [0.05, 0.1) is 17.2 Å². The van der Waals surface area contributed by atoms with E-state index in [1.807, 2.05) is 6.92 Å². The zero-order valence-electron chi connectivity index (χ0n) is 15.4. The molecule has 0 saturated heterocycles. The molecule has 0 spiro atoms. The molecule has 26 heavy (non-hydrogen) atoms. The van der Waals surface area contributed by atoms with Crippen LogP contribution < -0.4 is 9.46 Å². The quantitative estimate of drug-likeness (QED) is 0.754. The molecule has 7 heteroatoms. The van der Waals surface area contributed by atoms with E-state index in [0.29, 0.717) is 23.6 Å². The van der Waals surface area contributed by atoms with Crippen molar-refractivity contribution in [1.82, 2.24) is 4.72 Å². The molecule has 2 rings (SSSR count). The summed E-state index contributed by atoms with van der Waals surface area (Å²) in [5, 5.41) is 10.2. The lowest BCUT2D eigenvalue weighted by Crippen LogP contribution is -2.40. The highest BCUT2D eigenvalue weighted by molar-refractivity contribution is 7.89. The van der Waals surface area contributed by atoms with Crippen LogP contribution in [0.1, 0.15) is 33.3 Å². The van der Waals surface area contributed by atoms with Crippen LogP contribution in [-0.4, -0.2) is 31.9 Å². The topological polar surface area (TPSA) is 88.0 Å². The van der Waals surface area contributed by atoms with Crippen molar-refractivity contribution < 1.29 is 18.3 Å². The summed E-state index contributed by atoms with van der Waals surface area (Å²) in [6.45, 7) is 7.61. The van der Waals surface area contributed by atoms with Crippen LogP contribution in [0.2, 0.25) is 0 Å². The van der Waals surface area contributed by atoms with Gasteiger partial charge in [-0.1, -0.05) is 12.1 Å². The van der Waals surface area contributed by atoms with Crippen LogP contribution in [0, 0.1) is 0 Å². The van der Waals surface area contributed by atoms with Gasteiger partial charge in [0.15, 0.2) is 11.5 Å². The average Bonchev–Trinajstić information content (AvgIpc) is 2.54. The summed E-state index contributed by atoms with van der Waals surface area (Å²) >= 11 is 0. The van der Waals surface area contributed by atoms with Crippen LogP contribution in [0.15, 0.2) is 52.4 Å². The number of phenolic OH excluding ortho intramolecular Hbond substituents is 1. The molecule has 0 saturated carbocycles. The van der Waals surface area contributed by atoms with E-state index in [1.165, 1.54) is 18.3 Å². The molecule has 0 fully saturated rings. The third kappa shape index (κ3) is 5.31. The van der Waals surface area contributed by atoms with Crippen molar-refractivity contribution in [3.63, 3.8) is 0 Å². The molecule has 0 amide bonds. The van der Waals surface area contributed by atoms with E-state index >= 15 is 0 Å². The van der Waals surface area contributed by atoms with Crippen LogP contribution in [0.3, 0.4) is 0 Å². The zero-order chi connectivity index (χ0) is 19.4. The standard InChI is InChI=1S/C19H24N2O4S/c1-5-25-17-11-6-8-14(18(17)22)13-20-15-9-7-10-16(12-15)26(23,24)21-19(2,3)4/h6-13,21-22H,5H2,1-4H3. The SMILES string of the molecule is CCOc1cccc(C=Nc2cccc(S(=O)(=O)NC(C)(C)C)c2)c1O.